The summed E-state index contributed by atoms with van der Waals surface area (Å²) in [4.78, 5) is 35.1. The first-order valence-corrected chi connectivity index (χ1v) is 9.14. The lowest BCUT2D eigenvalue weighted by Crippen LogP contribution is -2.34. The summed E-state index contributed by atoms with van der Waals surface area (Å²) in [5.74, 6) is -1.19. The zero-order valence-electron chi connectivity index (χ0n) is 16.4. The molecule has 6 heteroatoms. The fourth-order valence-corrected chi connectivity index (χ4v) is 2.50. The summed E-state index contributed by atoms with van der Waals surface area (Å²) in [6, 6.07) is 13.7. The van der Waals surface area contributed by atoms with Crippen LogP contribution in [0.2, 0.25) is 0 Å². The van der Waals surface area contributed by atoms with E-state index in [0.717, 1.165) is 11.1 Å². The van der Waals surface area contributed by atoms with Gasteiger partial charge in [0.05, 0.1) is 5.56 Å². The standard InChI is InChI=1S/C22H26N2O4/c1-22(2,3)21(28)24-14-16-7-9-17(10-8-16)19(25)23-12-11-15-5-4-6-18(13-15)20(26)27/h4-10,13H,11-12,14H2,1-3H3,(H,23,25)(H,24,28)(H,26,27). The molecule has 0 bridgehead atoms. The van der Waals surface area contributed by atoms with E-state index in [1.165, 1.54) is 6.07 Å². The van der Waals surface area contributed by atoms with Gasteiger partial charge in [-0.3, -0.25) is 9.59 Å². The zero-order chi connectivity index (χ0) is 20.7. The van der Waals surface area contributed by atoms with Gasteiger partial charge >= 0.3 is 5.97 Å². The van der Waals surface area contributed by atoms with Gasteiger partial charge < -0.3 is 15.7 Å². The van der Waals surface area contributed by atoms with Gasteiger partial charge in [0, 0.05) is 24.1 Å². The lowest BCUT2D eigenvalue weighted by molar-refractivity contribution is -0.128. The second-order valence-electron chi connectivity index (χ2n) is 7.64. The van der Waals surface area contributed by atoms with Gasteiger partial charge in [-0.05, 0) is 41.8 Å². The monoisotopic (exact) mass is 382 g/mol. The Hall–Kier alpha value is -3.15. The second kappa shape index (κ2) is 9.17. The van der Waals surface area contributed by atoms with E-state index in [9.17, 15) is 14.4 Å². The number of hydrogen-bond donors (Lipinski definition) is 3. The summed E-state index contributed by atoms with van der Waals surface area (Å²) < 4.78 is 0. The van der Waals surface area contributed by atoms with E-state index in [1.54, 1.807) is 24.3 Å². The van der Waals surface area contributed by atoms with Gasteiger partial charge in [-0.2, -0.15) is 0 Å². The van der Waals surface area contributed by atoms with Crippen LogP contribution >= 0.6 is 0 Å². The molecule has 0 radical (unpaired) electrons. The van der Waals surface area contributed by atoms with Gasteiger partial charge in [0.15, 0.2) is 0 Å². The van der Waals surface area contributed by atoms with Gasteiger partial charge in [0.25, 0.3) is 5.91 Å². The van der Waals surface area contributed by atoms with E-state index >= 15 is 0 Å². The molecule has 2 amide bonds. The minimum absolute atomic E-state index is 0.0266. The number of hydrogen-bond acceptors (Lipinski definition) is 3. The molecule has 28 heavy (non-hydrogen) atoms. The van der Waals surface area contributed by atoms with Gasteiger partial charge in [-0.25, -0.2) is 4.79 Å². The zero-order valence-corrected chi connectivity index (χ0v) is 16.4. The fraction of sp³-hybridized carbons (Fsp3) is 0.318. The van der Waals surface area contributed by atoms with E-state index in [-0.39, 0.29) is 17.4 Å². The number of carbonyl (C=O) groups is 3. The van der Waals surface area contributed by atoms with Crippen molar-refractivity contribution in [3.05, 3.63) is 70.8 Å². The summed E-state index contributed by atoms with van der Waals surface area (Å²) >= 11 is 0. The molecule has 0 unspecified atom stereocenters. The van der Waals surface area contributed by atoms with E-state index < -0.39 is 11.4 Å². The minimum Gasteiger partial charge on any atom is -0.478 e. The quantitative estimate of drug-likeness (QED) is 0.686. The molecule has 2 rings (SSSR count). The normalized spacial score (nSPS) is 11.0. The van der Waals surface area contributed by atoms with Crippen LogP contribution in [-0.4, -0.2) is 29.4 Å². The van der Waals surface area contributed by atoms with Crippen LogP contribution in [-0.2, 0) is 17.8 Å². The summed E-state index contributed by atoms with van der Waals surface area (Å²) in [6.07, 6.45) is 0.545. The first kappa shape index (κ1) is 21.2. The summed E-state index contributed by atoms with van der Waals surface area (Å²) in [5, 5.41) is 14.7. The summed E-state index contributed by atoms with van der Waals surface area (Å²) in [7, 11) is 0. The number of carbonyl (C=O) groups excluding carboxylic acids is 2. The van der Waals surface area contributed by atoms with Crippen LogP contribution in [0.5, 0.6) is 0 Å². The van der Waals surface area contributed by atoms with Crippen molar-refractivity contribution in [1.82, 2.24) is 10.6 Å². The molecule has 0 aliphatic heterocycles. The second-order valence-corrected chi connectivity index (χ2v) is 7.64. The number of carboxylic acids is 1. The Labute approximate surface area is 165 Å². The van der Waals surface area contributed by atoms with Crippen LogP contribution in [0.15, 0.2) is 48.5 Å². The highest BCUT2D eigenvalue weighted by Crippen LogP contribution is 2.13. The maximum atomic E-state index is 12.2. The molecular formula is C22H26N2O4. The Morgan fingerprint density at radius 3 is 2.18 bits per heavy atom. The molecule has 0 atom stereocenters. The lowest BCUT2D eigenvalue weighted by Gasteiger charge is -2.17. The molecule has 0 heterocycles. The predicted octanol–water partition coefficient (Wildman–Crippen LogP) is 3.02. The third kappa shape index (κ3) is 6.23. The predicted molar refractivity (Wildman–Crippen MR) is 107 cm³/mol. The van der Waals surface area contributed by atoms with Crippen molar-refractivity contribution in [2.75, 3.05) is 6.54 Å². The number of rotatable bonds is 7. The van der Waals surface area contributed by atoms with Crippen LogP contribution in [0.25, 0.3) is 0 Å². The Balaban J connectivity index is 1.83. The smallest absolute Gasteiger partial charge is 0.335 e. The molecule has 0 fully saturated rings. The minimum atomic E-state index is -0.968. The lowest BCUT2D eigenvalue weighted by atomic mass is 9.95. The molecule has 0 spiro atoms. The van der Waals surface area contributed by atoms with Crippen molar-refractivity contribution >= 4 is 17.8 Å². The Morgan fingerprint density at radius 1 is 0.893 bits per heavy atom. The first-order chi connectivity index (χ1) is 13.2. The van der Waals surface area contributed by atoms with Crippen molar-refractivity contribution < 1.29 is 19.5 Å². The van der Waals surface area contributed by atoms with E-state index in [4.69, 9.17) is 5.11 Å². The highest BCUT2D eigenvalue weighted by molar-refractivity contribution is 5.94. The van der Waals surface area contributed by atoms with Gasteiger partial charge in [-0.15, -0.1) is 0 Å². The Bertz CT molecular complexity index is 852. The molecule has 3 N–H and O–H groups in total. The third-order valence-corrected chi connectivity index (χ3v) is 4.22. The molecule has 0 aliphatic rings. The summed E-state index contributed by atoms with van der Waals surface area (Å²) in [6.45, 7) is 6.39. The van der Waals surface area contributed by atoms with Crippen LogP contribution < -0.4 is 10.6 Å². The SMILES string of the molecule is CC(C)(C)C(=O)NCc1ccc(C(=O)NCCc2cccc(C(=O)O)c2)cc1. The number of carboxylic acid groups (broad SMARTS) is 1. The molecule has 148 valence electrons. The Kier molecular flexibility index (Phi) is 6.93. The fourth-order valence-electron chi connectivity index (χ4n) is 2.50. The van der Waals surface area contributed by atoms with Crippen molar-refractivity contribution in [1.29, 1.82) is 0 Å². The largest absolute Gasteiger partial charge is 0.478 e. The average Bonchev–Trinajstić information content (AvgIpc) is 2.65. The van der Waals surface area contributed by atoms with E-state index in [0.29, 0.717) is 25.1 Å². The highest BCUT2D eigenvalue weighted by Gasteiger charge is 2.20. The van der Waals surface area contributed by atoms with Gasteiger partial charge in [0.2, 0.25) is 5.91 Å². The molecule has 2 aromatic carbocycles. The topological polar surface area (TPSA) is 95.5 Å². The van der Waals surface area contributed by atoms with Crippen LogP contribution in [0.1, 0.15) is 52.6 Å². The van der Waals surface area contributed by atoms with Gasteiger partial charge in [-0.1, -0.05) is 45.0 Å². The maximum absolute atomic E-state index is 12.2. The Morgan fingerprint density at radius 2 is 1.57 bits per heavy atom. The van der Waals surface area contributed by atoms with Crippen LogP contribution in [0.3, 0.4) is 0 Å². The van der Waals surface area contributed by atoms with Gasteiger partial charge in [0.1, 0.15) is 0 Å². The average molecular weight is 382 g/mol. The van der Waals surface area contributed by atoms with Crippen LogP contribution in [0.4, 0.5) is 0 Å². The molecule has 2 aromatic rings. The van der Waals surface area contributed by atoms with E-state index in [1.807, 2.05) is 39.0 Å². The highest BCUT2D eigenvalue weighted by atomic mass is 16.4. The van der Waals surface area contributed by atoms with Crippen molar-refractivity contribution in [3.8, 4) is 0 Å². The van der Waals surface area contributed by atoms with Crippen molar-refractivity contribution in [2.45, 2.75) is 33.7 Å². The molecule has 0 aliphatic carbocycles. The molecular weight excluding hydrogens is 356 g/mol. The van der Waals surface area contributed by atoms with Crippen LogP contribution in [0, 0.1) is 5.41 Å². The number of nitrogens with one attached hydrogen (secondary N) is 2. The number of aromatic carboxylic acids is 1. The molecule has 0 saturated carbocycles. The number of amides is 2. The van der Waals surface area contributed by atoms with Crippen molar-refractivity contribution in [3.63, 3.8) is 0 Å². The molecule has 0 saturated heterocycles. The molecule has 6 nitrogen and oxygen atoms in total. The third-order valence-electron chi connectivity index (χ3n) is 4.22. The first-order valence-electron chi connectivity index (χ1n) is 9.14. The summed E-state index contributed by atoms with van der Waals surface area (Å²) in [5.41, 5.74) is 2.09. The molecule has 0 aromatic heterocycles. The number of benzene rings is 2. The van der Waals surface area contributed by atoms with E-state index in [2.05, 4.69) is 10.6 Å². The maximum Gasteiger partial charge on any atom is 0.335 e. The van der Waals surface area contributed by atoms with Crippen molar-refractivity contribution in [2.24, 2.45) is 5.41 Å².